The van der Waals surface area contributed by atoms with Gasteiger partial charge in [0.2, 0.25) is 0 Å². The normalized spacial score (nSPS) is 11.2. The smallest absolute Gasteiger partial charge is 0.349 e. The summed E-state index contributed by atoms with van der Waals surface area (Å²) in [5.41, 5.74) is 1.10. The minimum Gasteiger partial charge on any atom is -0.492 e. The fourth-order valence-corrected chi connectivity index (χ4v) is 4.47. The van der Waals surface area contributed by atoms with E-state index in [0.717, 1.165) is 11.3 Å². The third kappa shape index (κ3) is 4.36. The molecule has 0 aliphatic carbocycles. The maximum Gasteiger partial charge on any atom is 0.349 e. The van der Waals surface area contributed by atoms with Gasteiger partial charge >= 0.3 is 5.97 Å². The molecule has 33 heavy (non-hydrogen) atoms. The molecule has 0 aliphatic heterocycles. The Bertz CT molecular complexity index is 1350. The average molecular weight is 476 g/mol. The molecular formula is C22H19F3N4O3S. The van der Waals surface area contributed by atoms with Crippen LogP contribution in [0.3, 0.4) is 0 Å². The molecule has 1 aromatic carbocycles. The molecule has 0 atom stereocenters. The Balaban J connectivity index is 1.53. The van der Waals surface area contributed by atoms with E-state index in [9.17, 15) is 23.1 Å². The van der Waals surface area contributed by atoms with Gasteiger partial charge in [-0.3, -0.25) is 0 Å². The first-order valence-electron chi connectivity index (χ1n) is 9.99. The molecular weight excluding hydrogens is 457 g/mol. The van der Waals surface area contributed by atoms with Crippen LogP contribution in [-0.2, 0) is 6.54 Å². The van der Waals surface area contributed by atoms with Crippen LogP contribution in [0.2, 0.25) is 0 Å². The predicted octanol–water partition coefficient (Wildman–Crippen LogP) is 5.09. The minimum atomic E-state index is -1.23. The molecule has 4 aromatic rings. The largest absolute Gasteiger partial charge is 0.492 e. The number of thiophene rings is 1. The summed E-state index contributed by atoms with van der Waals surface area (Å²) in [5.74, 6) is -3.48. The van der Waals surface area contributed by atoms with Gasteiger partial charge < -0.3 is 19.7 Å². The highest BCUT2D eigenvalue weighted by atomic mass is 32.1. The van der Waals surface area contributed by atoms with E-state index in [-0.39, 0.29) is 28.1 Å². The number of aromatic nitrogens is 3. The molecule has 0 radical (unpaired) electrons. The number of carbonyl (C=O) groups is 1. The third-order valence-corrected chi connectivity index (χ3v) is 6.11. The van der Waals surface area contributed by atoms with Crippen LogP contribution in [0.4, 0.5) is 19.0 Å². The van der Waals surface area contributed by atoms with Crippen LogP contribution >= 0.6 is 11.3 Å². The lowest BCUT2D eigenvalue weighted by Gasteiger charge is -2.11. The number of ether oxygens (including phenoxy) is 1. The highest BCUT2D eigenvalue weighted by Gasteiger charge is 2.19. The van der Waals surface area contributed by atoms with Gasteiger partial charge in [0.15, 0.2) is 22.3 Å². The lowest BCUT2D eigenvalue weighted by atomic mass is 10.2. The first-order chi connectivity index (χ1) is 15.8. The zero-order valence-electron chi connectivity index (χ0n) is 17.7. The highest BCUT2D eigenvalue weighted by molar-refractivity contribution is 7.17. The summed E-state index contributed by atoms with van der Waals surface area (Å²) in [5, 5.41) is 12.4. The number of hydrogen-bond acceptors (Lipinski definition) is 6. The third-order valence-electron chi connectivity index (χ3n) is 4.98. The molecule has 11 heteroatoms. The molecule has 2 N–H and O–H groups in total. The van der Waals surface area contributed by atoms with Crippen molar-refractivity contribution >= 4 is 34.0 Å². The van der Waals surface area contributed by atoms with E-state index in [4.69, 9.17) is 4.74 Å². The Morgan fingerprint density at radius 1 is 1.18 bits per heavy atom. The number of aryl methyl sites for hydroxylation is 1. The van der Waals surface area contributed by atoms with E-state index in [1.165, 1.54) is 12.4 Å². The molecule has 0 amide bonds. The number of rotatable bonds is 8. The van der Waals surface area contributed by atoms with E-state index in [1.807, 2.05) is 0 Å². The number of carboxylic acid groups (broad SMARTS) is 1. The second-order valence-corrected chi connectivity index (χ2v) is 8.16. The van der Waals surface area contributed by atoms with Gasteiger partial charge in [0, 0.05) is 42.4 Å². The summed E-state index contributed by atoms with van der Waals surface area (Å²) in [6.07, 6.45) is 1.34. The lowest BCUT2D eigenvalue weighted by molar-refractivity contribution is 0.0698. The molecule has 0 aliphatic rings. The second kappa shape index (κ2) is 9.10. The van der Waals surface area contributed by atoms with Crippen LogP contribution in [0.15, 0.2) is 30.6 Å². The van der Waals surface area contributed by atoms with Gasteiger partial charge in [-0.2, -0.15) is 0 Å². The number of nitrogens with one attached hydrogen (secondary N) is 1. The molecule has 0 saturated heterocycles. The van der Waals surface area contributed by atoms with E-state index < -0.39 is 23.4 Å². The second-order valence-electron chi connectivity index (χ2n) is 7.11. The van der Waals surface area contributed by atoms with Crippen LogP contribution in [0.25, 0.3) is 21.5 Å². The average Bonchev–Trinajstić information content (AvgIpc) is 3.35. The van der Waals surface area contributed by atoms with Crippen molar-refractivity contribution in [3.05, 3.63) is 58.6 Å². The summed E-state index contributed by atoms with van der Waals surface area (Å²) in [6, 6.07) is 5.23. The van der Waals surface area contributed by atoms with Crippen molar-refractivity contribution in [3.63, 3.8) is 0 Å². The molecule has 0 spiro atoms. The predicted molar refractivity (Wildman–Crippen MR) is 119 cm³/mol. The molecule has 7 nitrogen and oxygen atoms in total. The summed E-state index contributed by atoms with van der Waals surface area (Å²) >= 11 is 1.04. The fraction of sp³-hybridized carbons (Fsp3) is 0.227. The van der Waals surface area contributed by atoms with Gasteiger partial charge in [-0.1, -0.05) is 0 Å². The van der Waals surface area contributed by atoms with Crippen LogP contribution in [0, 0.1) is 24.4 Å². The molecule has 3 aromatic heterocycles. The maximum atomic E-state index is 14.3. The van der Waals surface area contributed by atoms with Gasteiger partial charge in [0.1, 0.15) is 17.9 Å². The molecule has 0 saturated carbocycles. The molecule has 0 bridgehead atoms. The Kier molecular flexibility index (Phi) is 6.23. The minimum absolute atomic E-state index is 0.000171. The van der Waals surface area contributed by atoms with Crippen molar-refractivity contribution in [2.45, 2.75) is 20.4 Å². The number of benzene rings is 1. The summed E-state index contributed by atoms with van der Waals surface area (Å²) in [4.78, 5) is 20.5. The van der Waals surface area contributed by atoms with Gasteiger partial charge in [-0.25, -0.2) is 27.9 Å². The van der Waals surface area contributed by atoms with E-state index in [1.54, 1.807) is 30.5 Å². The van der Waals surface area contributed by atoms with Crippen molar-refractivity contribution < 1.29 is 27.8 Å². The Hall–Kier alpha value is -3.60. The molecule has 0 unspecified atom stereocenters. The first-order valence-corrected chi connectivity index (χ1v) is 10.8. The number of anilines is 1. The number of nitrogens with zero attached hydrogens (tertiary/aromatic N) is 3. The van der Waals surface area contributed by atoms with E-state index in [0.29, 0.717) is 41.3 Å². The lowest BCUT2D eigenvalue weighted by Crippen LogP contribution is -2.13. The van der Waals surface area contributed by atoms with Gasteiger partial charge in [-0.05, 0) is 19.9 Å². The fourth-order valence-electron chi connectivity index (χ4n) is 3.56. The Morgan fingerprint density at radius 3 is 2.70 bits per heavy atom. The standard InChI is InChI=1S/C22H19F3N4O3S/c1-3-32-16-9-17(33-21(16)22(30)31)15-8-18(28-10-27-15)26-4-5-29-11(2)6-12-19(25)13(23)7-14(24)20(12)29/h6-10H,3-5H2,1-2H3,(H,30,31)(H,26,27,28). The van der Waals surface area contributed by atoms with E-state index in [2.05, 4.69) is 15.3 Å². The van der Waals surface area contributed by atoms with Crippen LogP contribution in [-0.4, -0.2) is 38.8 Å². The number of aromatic carboxylic acids is 1. The summed E-state index contributed by atoms with van der Waals surface area (Å²) in [6.45, 7) is 4.37. The molecule has 172 valence electrons. The zero-order valence-corrected chi connectivity index (χ0v) is 18.5. The summed E-state index contributed by atoms with van der Waals surface area (Å²) in [7, 11) is 0. The number of fused-ring (bicyclic) bond motifs is 1. The Morgan fingerprint density at radius 2 is 1.97 bits per heavy atom. The summed E-state index contributed by atoms with van der Waals surface area (Å²) < 4.78 is 48.9. The number of hydrogen-bond donors (Lipinski definition) is 2. The number of halogens is 3. The molecule has 4 rings (SSSR count). The van der Waals surface area contributed by atoms with Crippen molar-refractivity contribution in [2.24, 2.45) is 0 Å². The van der Waals surface area contributed by atoms with Gasteiger partial charge in [0.25, 0.3) is 0 Å². The first kappa shape index (κ1) is 22.6. The van der Waals surface area contributed by atoms with E-state index >= 15 is 0 Å². The van der Waals surface area contributed by atoms with Crippen molar-refractivity contribution in [1.82, 2.24) is 14.5 Å². The zero-order chi connectivity index (χ0) is 23.7. The van der Waals surface area contributed by atoms with Crippen LogP contribution in [0.1, 0.15) is 22.3 Å². The van der Waals surface area contributed by atoms with Gasteiger partial charge in [0.05, 0.1) is 22.7 Å². The number of carboxylic acids is 1. The maximum absolute atomic E-state index is 14.3. The molecule has 0 fully saturated rings. The van der Waals surface area contributed by atoms with Crippen molar-refractivity contribution in [1.29, 1.82) is 0 Å². The van der Waals surface area contributed by atoms with Crippen LogP contribution < -0.4 is 10.1 Å². The highest BCUT2D eigenvalue weighted by Crippen LogP contribution is 2.36. The van der Waals surface area contributed by atoms with Gasteiger partial charge in [-0.15, -0.1) is 11.3 Å². The van der Waals surface area contributed by atoms with Crippen molar-refractivity contribution in [3.8, 4) is 16.3 Å². The topological polar surface area (TPSA) is 89.3 Å². The molecule has 3 heterocycles. The quantitative estimate of drug-likeness (QED) is 0.344. The van der Waals surface area contributed by atoms with Crippen molar-refractivity contribution in [2.75, 3.05) is 18.5 Å². The Labute approximate surface area is 190 Å². The van der Waals surface area contributed by atoms with Crippen LogP contribution in [0.5, 0.6) is 5.75 Å². The monoisotopic (exact) mass is 476 g/mol. The SMILES string of the molecule is CCOc1cc(-c2cc(NCCn3c(C)cc4c(F)c(F)cc(F)c43)ncn2)sc1C(=O)O.